The van der Waals surface area contributed by atoms with Gasteiger partial charge in [-0.15, -0.1) is 0 Å². The van der Waals surface area contributed by atoms with Crippen LogP contribution in [0.2, 0.25) is 0 Å². The monoisotopic (exact) mass is 447 g/mol. The molecule has 1 rings (SSSR count). The summed E-state index contributed by atoms with van der Waals surface area (Å²) in [4.78, 5) is 35.6. The Hall–Kier alpha value is -0.950. The summed E-state index contributed by atoms with van der Waals surface area (Å²) < 4.78 is 12.2. The summed E-state index contributed by atoms with van der Waals surface area (Å²) >= 11 is 0. The third kappa shape index (κ3) is 7.63. The first kappa shape index (κ1) is 27.1. The molecule has 0 heterocycles. The molecule has 176 valence electrons. The van der Waals surface area contributed by atoms with E-state index in [1.54, 1.807) is 0 Å². The second kappa shape index (κ2) is 12.8. The van der Waals surface area contributed by atoms with Gasteiger partial charge in [-0.2, -0.15) is 0 Å². The Morgan fingerprint density at radius 2 is 1.63 bits per heavy atom. The van der Waals surface area contributed by atoms with E-state index in [1.165, 1.54) is 6.92 Å². The molecule has 0 spiro atoms. The SMILES string of the molecule is CCC(C)C(N)C(=O)N[C@H](C(=O)NC(C(C)O)C(C1CCCCC1)[PH](=O)O)C(C)C. The molecule has 1 aliphatic carbocycles. The number of nitrogens with two attached hydrogens (primary N) is 1. The molecule has 6 unspecified atom stereocenters. The van der Waals surface area contributed by atoms with Crippen LogP contribution in [-0.4, -0.2) is 51.7 Å². The van der Waals surface area contributed by atoms with Crippen LogP contribution < -0.4 is 16.4 Å². The quantitative estimate of drug-likeness (QED) is 0.306. The third-order valence-electron chi connectivity index (χ3n) is 6.47. The number of rotatable bonds is 11. The van der Waals surface area contributed by atoms with Gasteiger partial charge in [-0.1, -0.05) is 53.4 Å². The Morgan fingerprint density at radius 3 is 2.07 bits per heavy atom. The van der Waals surface area contributed by atoms with Crippen LogP contribution in [0.1, 0.15) is 73.1 Å². The molecule has 0 bridgehead atoms. The average Bonchev–Trinajstić information content (AvgIpc) is 2.70. The number of aliphatic hydroxyl groups excluding tert-OH is 1. The lowest BCUT2D eigenvalue weighted by molar-refractivity contribution is -0.132. The van der Waals surface area contributed by atoms with Crippen LogP contribution in [-0.2, 0) is 14.2 Å². The lowest BCUT2D eigenvalue weighted by atomic mass is 9.83. The van der Waals surface area contributed by atoms with Crippen molar-refractivity contribution < 1.29 is 24.2 Å². The molecule has 2 amide bonds. The van der Waals surface area contributed by atoms with Crippen molar-refractivity contribution in [1.82, 2.24) is 10.6 Å². The first-order valence-corrected chi connectivity index (χ1v) is 12.7. The van der Waals surface area contributed by atoms with Crippen LogP contribution in [0.5, 0.6) is 0 Å². The minimum atomic E-state index is -2.99. The predicted octanol–water partition coefficient (Wildman–Crippen LogP) is 1.78. The summed E-state index contributed by atoms with van der Waals surface area (Å²) in [6.45, 7) is 8.97. The zero-order valence-corrected chi connectivity index (χ0v) is 20.1. The Bertz CT molecular complexity index is 581. The van der Waals surface area contributed by atoms with Crippen molar-refractivity contribution in [3.05, 3.63) is 0 Å². The van der Waals surface area contributed by atoms with E-state index in [9.17, 15) is 24.2 Å². The average molecular weight is 448 g/mol. The third-order valence-corrected chi connectivity index (χ3v) is 7.87. The summed E-state index contributed by atoms with van der Waals surface area (Å²) in [6.07, 6.45) is 4.44. The van der Waals surface area contributed by atoms with Gasteiger partial charge in [0.15, 0.2) is 8.03 Å². The van der Waals surface area contributed by atoms with Gasteiger partial charge in [-0.25, -0.2) is 0 Å². The van der Waals surface area contributed by atoms with Crippen LogP contribution in [0.4, 0.5) is 0 Å². The zero-order chi connectivity index (χ0) is 23.0. The van der Waals surface area contributed by atoms with Gasteiger partial charge in [-0.05, 0) is 37.5 Å². The highest BCUT2D eigenvalue weighted by Gasteiger charge is 2.39. The largest absolute Gasteiger partial charge is 0.391 e. The number of nitrogens with one attached hydrogen (secondary N) is 2. The topological polar surface area (TPSA) is 142 Å². The molecule has 0 radical (unpaired) electrons. The fraction of sp³-hybridized carbons (Fsp3) is 0.905. The van der Waals surface area contributed by atoms with Crippen LogP contribution in [0.15, 0.2) is 0 Å². The number of hydrogen-bond acceptors (Lipinski definition) is 5. The molecule has 8 nitrogen and oxygen atoms in total. The summed E-state index contributed by atoms with van der Waals surface area (Å²) in [5.41, 5.74) is 5.31. The number of amides is 2. The van der Waals surface area contributed by atoms with Crippen molar-refractivity contribution in [2.24, 2.45) is 23.5 Å². The van der Waals surface area contributed by atoms with E-state index in [4.69, 9.17) is 5.73 Å². The van der Waals surface area contributed by atoms with E-state index >= 15 is 0 Å². The molecule has 1 fully saturated rings. The van der Waals surface area contributed by atoms with Crippen molar-refractivity contribution >= 4 is 19.8 Å². The van der Waals surface area contributed by atoms with Crippen LogP contribution in [0.25, 0.3) is 0 Å². The number of carbonyl (C=O) groups excluding carboxylic acids is 2. The van der Waals surface area contributed by atoms with Gasteiger partial charge in [-0.3, -0.25) is 14.2 Å². The molecular weight excluding hydrogens is 405 g/mol. The maximum Gasteiger partial charge on any atom is 0.243 e. The van der Waals surface area contributed by atoms with Gasteiger partial charge in [0, 0.05) is 0 Å². The molecule has 0 aliphatic heterocycles. The van der Waals surface area contributed by atoms with Crippen molar-refractivity contribution in [2.45, 2.75) is 103 Å². The minimum absolute atomic E-state index is 0.0130. The molecule has 1 saturated carbocycles. The Morgan fingerprint density at radius 1 is 1.07 bits per heavy atom. The van der Waals surface area contributed by atoms with Gasteiger partial charge in [0.1, 0.15) is 6.04 Å². The van der Waals surface area contributed by atoms with E-state index in [1.807, 2.05) is 27.7 Å². The maximum absolute atomic E-state index is 13.1. The van der Waals surface area contributed by atoms with Gasteiger partial charge in [0.2, 0.25) is 11.8 Å². The van der Waals surface area contributed by atoms with Gasteiger partial charge in [0.05, 0.1) is 23.8 Å². The molecule has 9 heteroatoms. The van der Waals surface area contributed by atoms with Crippen molar-refractivity contribution in [1.29, 1.82) is 0 Å². The van der Waals surface area contributed by atoms with Crippen molar-refractivity contribution in [3.8, 4) is 0 Å². The van der Waals surface area contributed by atoms with Gasteiger partial charge < -0.3 is 26.4 Å². The van der Waals surface area contributed by atoms with Gasteiger partial charge >= 0.3 is 0 Å². The van der Waals surface area contributed by atoms with E-state index in [2.05, 4.69) is 10.6 Å². The fourth-order valence-electron chi connectivity index (χ4n) is 4.20. The van der Waals surface area contributed by atoms with Crippen molar-refractivity contribution in [2.75, 3.05) is 0 Å². The second-order valence-electron chi connectivity index (χ2n) is 9.18. The lowest BCUT2D eigenvalue weighted by Gasteiger charge is -2.37. The van der Waals surface area contributed by atoms with E-state index in [-0.39, 0.29) is 17.8 Å². The van der Waals surface area contributed by atoms with Crippen LogP contribution >= 0.6 is 8.03 Å². The zero-order valence-electron chi connectivity index (χ0n) is 19.1. The Labute approximate surface area is 181 Å². The molecule has 1 aliphatic rings. The Balaban J connectivity index is 2.99. The van der Waals surface area contributed by atoms with E-state index < -0.39 is 49.7 Å². The molecular formula is C21H42N3O5P. The molecule has 6 N–H and O–H groups in total. The number of aliphatic hydroxyl groups is 1. The number of hydrogen-bond donors (Lipinski definition) is 5. The van der Waals surface area contributed by atoms with E-state index in [0.717, 1.165) is 38.5 Å². The molecule has 0 aromatic rings. The highest BCUT2D eigenvalue weighted by Crippen LogP contribution is 2.40. The standard InChI is InChI=1S/C21H42N3O5P/c1-6-13(4)16(22)20(26)23-17(12(2)3)21(27)24-18(14(5)25)19(30(28)29)15-10-8-7-9-11-15/h12-19,25,30H,6-11,22H2,1-5H3,(H,23,26)(H,24,27)(H,28,29)/t13?,14?,16?,17-,18?,19?/m0/s1. The molecule has 0 aromatic heterocycles. The highest BCUT2D eigenvalue weighted by molar-refractivity contribution is 7.39. The first-order chi connectivity index (χ1) is 14.0. The summed E-state index contributed by atoms with van der Waals surface area (Å²) in [5, 5.41) is 15.9. The maximum atomic E-state index is 13.1. The fourth-order valence-corrected chi connectivity index (χ4v) is 5.61. The summed E-state index contributed by atoms with van der Waals surface area (Å²) in [7, 11) is -2.99. The summed E-state index contributed by atoms with van der Waals surface area (Å²) in [5.74, 6) is -1.12. The molecule has 0 saturated heterocycles. The second-order valence-corrected chi connectivity index (χ2v) is 10.5. The minimum Gasteiger partial charge on any atom is -0.391 e. The smallest absolute Gasteiger partial charge is 0.243 e. The highest BCUT2D eigenvalue weighted by atomic mass is 31.1. The first-order valence-electron chi connectivity index (χ1n) is 11.3. The molecule has 0 aromatic carbocycles. The van der Waals surface area contributed by atoms with Gasteiger partial charge in [0.25, 0.3) is 0 Å². The van der Waals surface area contributed by atoms with E-state index in [0.29, 0.717) is 0 Å². The number of carbonyl (C=O) groups is 2. The molecule has 7 atom stereocenters. The predicted molar refractivity (Wildman–Crippen MR) is 119 cm³/mol. The lowest BCUT2D eigenvalue weighted by Crippen LogP contribution is -2.59. The van der Waals surface area contributed by atoms with Crippen molar-refractivity contribution in [3.63, 3.8) is 0 Å². The van der Waals surface area contributed by atoms with Crippen LogP contribution in [0, 0.1) is 17.8 Å². The molecule has 30 heavy (non-hydrogen) atoms. The Kier molecular flexibility index (Phi) is 11.6. The van der Waals surface area contributed by atoms with Crippen LogP contribution in [0.3, 0.4) is 0 Å². The normalized spacial score (nSPS) is 22.4. The summed E-state index contributed by atoms with van der Waals surface area (Å²) in [6, 6.07) is -2.42.